The lowest BCUT2D eigenvalue weighted by Crippen LogP contribution is -1.98. The van der Waals surface area contributed by atoms with Gasteiger partial charge in [0, 0.05) is 7.11 Å². The van der Waals surface area contributed by atoms with E-state index < -0.39 is 0 Å². The molecule has 0 aliphatic heterocycles. The molecule has 0 N–H and O–H groups in total. The van der Waals surface area contributed by atoms with E-state index in [4.69, 9.17) is 4.74 Å². The van der Waals surface area contributed by atoms with Gasteiger partial charge in [0.1, 0.15) is 0 Å². The van der Waals surface area contributed by atoms with E-state index in [2.05, 4.69) is 19.6 Å². The molecule has 0 rings (SSSR count). The Kier molecular flexibility index (Phi) is 4.67. The third-order valence-electron chi connectivity index (χ3n) is 0.808. The van der Waals surface area contributed by atoms with Crippen molar-refractivity contribution in [1.29, 1.82) is 0 Å². The van der Waals surface area contributed by atoms with E-state index in [9.17, 15) is 0 Å². The first-order valence-corrected chi connectivity index (χ1v) is 3.03. The third kappa shape index (κ3) is 4.16. The maximum absolute atomic E-state index is 4.85. The van der Waals surface area contributed by atoms with Crippen LogP contribution in [0.2, 0.25) is 0 Å². The highest BCUT2D eigenvalue weighted by Crippen LogP contribution is 2.02. The van der Waals surface area contributed by atoms with Crippen LogP contribution in [0.4, 0.5) is 0 Å². The highest BCUT2D eigenvalue weighted by Gasteiger charge is 1.93. The summed E-state index contributed by atoms with van der Waals surface area (Å²) in [5, 5.41) is 0. The van der Waals surface area contributed by atoms with Crippen molar-refractivity contribution < 1.29 is 4.74 Å². The lowest BCUT2D eigenvalue weighted by molar-refractivity contribution is 0.167. The molecule has 1 nitrogen and oxygen atoms in total. The van der Waals surface area contributed by atoms with Crippen molar-refractivity contribution in [2.75, 3.05) is 7.11 Å². The fourth-order valence-corrected chi connectivity index (χ4v) is 0.623. The predicted molar refractivity (Wildman–Crippen MR) is 34.7 cm³/mol. The maximum atomic E-state index is 4.85. The van der Waals surface area contributed by atoms with Gasteiger partial charge in [0.05, 0.1) is 5.44 Å². The van der Waals surface area contributed by atoms with Crippen LogP contribution >= 0.6 is 12.6 Å². The smallest absolute Gasteiger partial charge is 0.0995 e. The summed E-state index contributed by atoms with van der Waals surface area (Å²) in [6.45, 7) is 2.11. The molecule has 2 heteroatoms. The molecule has 1 atom stereocenters. The molecule has 0 fully saturated rings. The van der Waals surface area contributed by atoms with Gasteiger partial charge >= 0.3 is 0 Å². The molecule has 44 valence electrons. The van der Waals surface area contributed by atoms with Crippen LogP contribution in [-0.2, 0) is 4.74 Å². The van der Waals surface area contributed by atoms with Gasteiger partial charge < -0.3 is 4.74 Å². The van der Waals surface area contributed by atoms with E-state index in [-0.39, 0.29) is 5.44 Å². The second-order valence-corrected chi connectivity index (χ2v) is 2.05. The maximum Gasteiger partial charge on any atom is 0.0995 e. The number of methoxy groups -OCH3 is 1. The molecule has 0 aromatic carbocycles. The van der Waals surface area contributed by atoms with E-state index in [1.165, 1.54) is 0 Å². The van der Waals surface area contributed by atoms with Gasteiger partial charge in [-0.15, -0.1) is 12.6 Å². The van der Waals surface area contributed by atoms with Crippen molar-refractivity contribution in [3.05, 3.63) is 0 Å². The fraction of sp³-hybridized carbons (Fsp3) is 1.00. The zero-order valence-corrected chi connectivity index (χ0v) is 5.74. The average molecular weight is 120 g/mol. The SMILES string of the molecule is CCCC(S)OC. The van der Waals surface area contributed by atoms with Crippen molar-refractivity contribution in [2.24, 2.45) is 0 Å². The van der Waals surface area contributed by atoms with Gasteiger partial charge in [-0.3, -0.25) is 0 Å². The molecule has 0 aromatic heterocycles. The van der Waals surface area contributed by atoms with Gasteiger partial charge in [-0.25, -0.2) is 0 Å². The highest BCUT2D eigenvalue weighted by atomic mass is 32.1. The van der Waals surface area contributed by atoms with Crippen LogP contribution in [0.5, 0.6) is 0 Å². The monoisotopic (exact) mass is 120 g/mol. The molecule has 0 saturated heterocycles. The Morgan fingerprint density at radius 3 is 2.43 bits per heavy atom. The van der Waals surface area contributed by atoms with Gasteiger partial charge in [-0.1, -0.05) is 13.3 Å². The number of thiol groups is 1. The number of hydrogen-bond donors (Lipinski definition) is 1. The van der Waals surface area contributed by atoms with Crippen LogP contribution in [-0.4, -0.2) is 12.5 Å². The molecule has 0 bridgehead atoms. The highest BCUT2D eigenvalue weighted by molar-refractivity contribution is 7.80. The summed E-state index contributed by atoms with van der Waals surface area (Å²) in [6, 6.07) is 0. The fourth-order valence-electron chi connectivity index (χ4n) is 0.365. The van der Waals surface area contributed by atoms with Crippen molar-refractivity contribution in [2.45, 2.75) is 25.2 Å². The quantitative estimate of drug-likeness (QED) is 0.440. The zero-order chi connectivity index (χ0) is 5.70. The first-order chi connectivity index (χ1) is 3.31. The van der Waals surface area contributed by atoms with E-state index in [1.54, 1.807) is 7.11 Å². The minimum Gasteiger partial charge on any atom is -0.371 e. The minimum absolute atomic E-state index is 0.144. The minimum atomic E-state index is 0.144. The summed E-state index contributed by atoms with van der Waals surface area (Å²) in [6.07, 6.45) is 2.18. The first kappa shape index (κ1) is 7.31. The number of ether oxygens (including phenoxy) is 1. The molecular weight excluding hydrogens is 108 g/mol. The second kappa shape index (κ2) is 4.47. The summed E-state index contributed by atoms with van der Waals surface area (Å²) < 4.78 is 4.85. The lowest BCUT2D eigenvalue weighted by atomic mass is 10.4. The Labute approximate surface area is 50.5 Å². The van der Waals surface area contributed by atoms with Gasteiger partial charge in [0.25, 0.3) is 0 Å². The molecule has 1 unspecified atom stereocenters. The Morgan fingerprint density at radius 2 is 2.29 bits per heavy atom. The standard InChI is InChI=1S/C5H12OS/c1-3-4-5(7)6-2/h5,7H,3-4H2,1-2H3. The van der Waals surface area contributed by atoms with Crippen LogP contribution in [0.15, 0.2) is 0 Å². The van der Waals surface area contributed by atoms with E-state index in [1.807, 2.05) is 0 Å². The molecule has 0 saturated carbocycles. The first-order valence-electron chi connectivity index (χ1n) is 2.52. The van der Waals surface area contributed by atoms with Crippen molar-refractivity contribution in [1.82, 2.24) is 0 Å². The van der Waals surface area contributed by atoms with Gasteiger partial charge in [-0.2, -0.15) is 0 Å². The molecule has 0 radical (unpaired) electrons. The molecule has 0 heterocycles. The molecule has 0 aliphatic rings. The van der Waals surface area contributed by atoms with Crippen molar-refractivity contribution in [3.63, 3.8) is 0 Å². The van der Waals surface area contributed by atoms with Crippen LogP contribution in [0.25, 0.3) is 0 Å². The van der Waals surface area contributed by atoms with Crippen LogP contribution < -0.4 is 0 Å². The summed E-state index contributed by atoms with van der Waals surface area (Å²) in [4.78, 5) is 0. The molecule has 0 amide bonds. The molecular formula is C5H12OS. The van der Waals surface area contributed by atoms with Crippen LogP contribution in [0.3, 0.4) is 0 Å². The van der Waals surface area contributed by atoms with E-state index in [0.717, 1.165) is 12.8 Å². The largest absolute Gasteiger partial charge is 0.371 e. The summed E-state index contributed by atoms with van der Waals surface area (Å²) in [7, 11) is 1.67. The van der Waals surface area contributed by atoms with Gasteiger partial charge in [0.15, 0.2) is 0 Å². The van der Waals surface area contributed by atoms with Crippen LogP contribution in [0.1, 0.15) is 19.8 Å². The normalized spacial score (nSPS) is 14.1. The number of hydrogen-bond acceptors (Lipinski definition) is 2. The summed E-state index contributed by atoms with van der Waals surface area (Å²) in [5.41, 5.74) is 0.144. The topological polar surface area (TPSA) is 9.23 Å². The Morgan fingerprint density at radius 1 is 1.71 bits per heavy atom. The van der Waals surface area contributed by atoms with E-state index >= 15 is 0 Å². The Hall–Kier alpha value is 0.310. The average Bonchev–Trinajstić information content (AvgIpc) is 1.68. The van der Waals surface area contributed by atoms with Crippen molar-refractivity contribution >= 4 is 12.6 Å². The Balaban J connectivity index is 2.83. The van der Waals surface area contributed by atoms with Gasteiger partial charge in [0.2, 0.25) is 0 Å². The summed E-state index contributed by atoms with van der Waals surface area (Å²) >= 11 is 4.09. The zero-order valence-electron chi connectivity index (χ0n) is 4.85. The number of rotatable bonds is 3. The van der Waals surface area contributed by atoms with Gasteiger partial charge in [-0.05, 0) is 6.42 Å². The Bertz CT molecular complexity index is 39.1. The lowest BCUT2D eigenvalue weighted by Gasteiger charge is -2.03. The molecule has 7 heavy (non-hydrogen) atoms. The molecule has 0 spiro atoms. The van der Waals surface area contributed by atoms with Crippen molar-refractivity contribution in [3.8, 4) is 0 Å². The predicted octanol–water partition coefficient (Wildman–Crippen LogP) is 1.69. The van der Waals surface area contributed by atoms with Crippen LogP contribution in [0, 0.1) is 0 Å². The second-order valence-electron chi connectivity index (χ2n) is 1.48. The molecule has 0 aromatic rings. The molecule has 0 aliphatic carbocycles. The van der Waals surface area contributed by atoms with E-state index in [0.29, 0.717) is 0 Å². The summed E-state index contributed by atoms with van der Waals surface area (Å²) in [5.74, 6) is 0. The third-order valence-corrected chi connectivity index (χ3v) is 1.28.